The van der Waals surface area contributed by atoms with Crippen molar-refractivity contribution in [3.05, 3.63) is 12.3 Å². The van der Waals surface area contributed by atoms with Crippen LogP contribution in [0.5, 0.6) is 0 Å². The molecule has 0 saturated carbocycles. The van der Waals surface area contributed by atoms with E-state index >= 15 is 0 Å². The Labute approximate surface area is 59.9 Å². The van der Waals surface area contributed by atoms with Gasteiger partial charge in [0.25, 0.3) is 0 Å². The summed E-state index contributed by atoms with van der Waals surface area (Å²) in [6, 6.07) is 0. The number of rotatable bonds is 1. The van der Waals surface area contributed by atoms with Crippen molar-refractivity contribution in [3.8, 4) is 0 Å². The molecule has 0 aliphatic carbocycles. The Morgan fingerprint density at radius 1 is 1.78 bits per heavy atom. The molecule has 1 heterocycles. The van der Waals surface area contributed by atoms with Gasteiger partial charge < -0.3 is 0 Å². The van der Waals surface area contributed by atoms with E-state index in [1.54, 1.807) is 10.6 Å². The molecule has 0 bridgehead atoms. The topological polar surface area (TPSA) is 15.6 Å². The van der Waals surface area contributed by atoms with Gasteiger partial charge in [0.1, 0.15) is 6.17 Å². The van der Waals surface area contributed by atoms with Crippen LogP contribution >= 0.6 is 11.8 Å². The van der Waals surface area contributed by atoms with Crippen LogP contribution in [0.3, 0.4) is 0 Å². The molecular weight excluding hydrogens is 136 g/mol. The van der Waals surface area contributed by atoms with E-state index in [0.717, 1.165) is 6.42 Å². The summed E-state index contributed by atoms with van der Waals surface area (Å²) in [5.74, 6) is 0. The molecule has 50 valence electrons. The standard InChI is InChI=1S/C6H9ClN2/c1-2-6-8-4-3-5-9(6)7/h3-6H,2H2,1H3. The number of nitrogens with zero attached hydrogens (tertiary/aromatic N) is 2. The summed E-state index contributed by atoms with van der Waals surface area (Å²) in [4.78, 5) is 4.11. The Morgan fingerprint density at radius 2 is 2.56 bits per heavy atom. The average molecular weight is 145 g/mol. The quantitative estimate of drug-likeness (QED) is 0.513. The molecular formula is C6H9ClN2. The lowest BCUT2D eigenvalue weighted by molar-refractivity contribution is 0.428. The zero-order valence-electron chi connectivity index (χ0n) is 5.29. The van der Waals surface area contributed by atoms with Gasteiger partial charge in [0.2, 0.25) is 0 Å². The minimum atomic E-state index is 0.136. The largest absolute Gasteiger partial charge is 0.269 e. The van der Waals surface area contributed by atoms with Gasteiger partial charge in [-0.3, -0.25) is 9.41 Å². The normalized spacial score (nSPS) is 25.1. The Balaban J connectivity index is 2.55. The highest BCUT2D eigenvalue weighted by atomic mass is 35.5. The first-order valence-electron chi connectivity index (χ1n) is 2.98. The Hall–Kier alpha value is -0.500. The summed E-state index contributed by atoms with van der Waals surface area (Å²) < 4.78 is 1.58. The monoisotopic (exact) mass is 144 g/mol. The van der Waals surface area contributed by atoms with E-state index in [2.05, 4.69) is 11.9 Å². The highest BCUT2D eigenvalue weighted by Gasteiger charge is 2.09. The number of hydrogen-bond acceptors (Lipinski definition) is 2. The molecule has 0 N–H and O–H groups in total. The first-order chi connectivity index (χ1) is 4.34. The van der Waals surface area contributed by atoms with Crippen LogP contribution in [0.15, 0.2) is 17.3 Å². The molecule has 0 saturated heterocycles. The fraction of sp³-hybridized carbons (Fsp3) is 0.500. The van der Waals surface area contributed by atoms with Gasteiger partial charge >= 0.3 is 0 Å². The number of allylic oxidation sites excluding steroid dienone is 1. The van der Waals surface area contributed by atoms with E-state index in [1.807, 2.05) is 12.3 Å². The maximum absolute atomic E-state index is 5.72. The molecule has 3 heteroatoms. The first kappa shape index (κ1) is 6.62. The molecule has 0 aromatic carbocycles. The molecule has 0 fully saturated rings. The Bertz CT molecular complexity index is 142. The summed E-state index contributed by atoms with van der Waals surface area (Å²) in [6.45, 7) is 2.05. The van der Waals surface area contributed by atoms with Crippen LogP contribution in [0, 0.1) is 0 Å². The van der Waals surface area contributed by atoms with Crippen LogP contribution in [-0.4, -0.2) is 16.8 Å². The van der Waals surface area contributed by atoms with Crippen molar-refractivity contribution < 1.29 is 0 Å². The van der Waals surface area contributed by atoms with Crippen molar-refractivity contribution >= 4 is 18.0 Å². The van der Waals surface area contributed by atoms with E-state index in [-0.39, 0.29) is 6.17 Å². The predicted octanol–water partition coefficient (Wildman–Crippen LogP) is 1.78. The van der Waals surface area contributed by atoms with Crippen molar-refractivity contribution in [2.75, 3.05) is 0 Å². The lowest BCUT2D eigenvalue weighted by Crippen LogP contribution is -2.21. The highest BCUT2D eigenvalue weighted by Crippen LogP contribution is 2.11. The third kappa shape index (κ3) is 1.45. The van der Waals surface area contributed by atoms with Gasteiger partial charge in [-0.2, -0.15) is 0 Å². The van der Waals surface area contributed by atoms with Crippen LogP contribution in [0.1, 0.15) is 13.3 Å². The molecule has 0 aromatic rings. The molecule has 0 radical (unpaired) electrons. The first-order valence-corrected chi connectivity index (χ1v) is 3.32. The maximum Gasteiger partial charge on any atom is 0.135 e. The lowest BCUT2D eigenvalue weighted by atomic mass is 10.3. The second-order valence-corrected chi connectivity index (χ2v) is 2.26. The van der Waals surface area contributed by atoms with Gasteiger partial charge in [-0.1, -0.05) is 6.92 Å². The Morgan fingerprint density at radius 3 is 3.00 bits per heavy atom. The summed E-state index contributed by atoms with van der Waals surface area (Å²) in [6.07, 6.45) is 6.48. The molecule has 1 unspecified atom stereocenters. The zero-order valence-corrected chi connectivity index (χ0v) is 6.04. The molecule has 2 nitrogen and oxygen atoms in total. The summed E-state index contributed by atoms with van der Waals surface area (Å²) in [5.41, 5.74) is 0. The molecule has 0 spiro atoms. The van der Waals surface area contributed by atoms with Crippen LogP contribution in [0.25, 0.3) is 0 Å². The third-order valence-corrected chi connectivity index (χ3v) is 1.56. The van der Waals surface area contributed by atoms with Crippen molar-refractivity contribution in [2.45, 2.75) is 19.5 Å². The third-order valence-electron chi connectivity index (χ3n) is 1.22. The van der Waals surface area contributed by atoms with Gasteiger partial charge in [-0.25, -0.2) is 0 Å². The van der Waals surface area contributed by atoms with Gasteiger partial charge in [-0.05, 0) is 12.5 Å². The lowest BCUT2D eigenvalue weighted by Gasteiger charge is -2.20. The Kier molecular flexibility index (Phi) is 2.11. The number of hydrogen-bond donors (Lipinski definition) is 0. The summed E-state index contributed by atoms with van der Waals surface area (Å²) in [5, 5.41) is 0. The molecule has 0 aromatic heterocycles. The highest BCUT2D eigenvalue weighted by molar-refractivity contribution is 6.14. The van der Waals surface area contributed by atoms with Crippen molar-refractivity contribution in [1.29, 1.82) is 0 Å². The molecule has 1 aliphatic rings. The van der Waals surface area contributed by atoms with Crippen LogP contribution < -0.4 is 0 Å². The predicted molar refractivity (Wildman–Crippen MR) is 39.4 cm³/mol. The molecule has 1 aliphatic heterocycles. The van der Waals surface area contributed by atoms with E-state index in [4.69, 9.17) is 11.8 Å². The van der Waals surface area contributed by atoms with Crippen LogP contribution in [0.4, 0.5) is 0 Å². The van der Waals surface area contributed by atoms with Crippen molar-refractivity contribution in [1.82, 2.24) is 4.42 Å². The molecule has 1 atom stereocenters. The number of halogens is 1. The van der Waals surface area contributed by atoms with Gasteiger partial charge in [0, 0.05) is 24.2 Å². The molecule has 0 amide bonds. The smallest absolute Gasteiger partial charge is 0.135 e. The maximum atomic E-state index is 5.72. The summed E-state index contributed by atoms with van der Waals surface area (Å²) >= 11 is 5.72. The van der Waals surface area contributed by atoms with Gasteiger partial charge in [-0.15, -0.1) is 0 Å². The SMILES string of the molecule is CCC1N=CC=CN1Cl. The fourth-order valence-electron chi connectivity index (χ4n) is 0.713. The molecule has 1 rings (SSSR count). The summed E-state index contributed by atoms with van der Waals surface area (Å²) in [7, 11) is 0. The minimum absolute atomic E-state index is 0.136. The molecule has 9 heavy (non-hydrogen) atoms. The van der Waals surface area contributed by atoms with E-state index in [1.165, 1.54) is 0 Å². The van der Waals surface area contributed by atoms with Crippen molar-refractivity contribution in [2.24, 2.45) is 4.99 Å². The average Bonchev–Trinajstić information content (AvgIpc) is 1.89. The van der Waals surface area contributed by atoms with E-state index in [0.29, 0.717) is 0 Å². The van der Waals surface area contributed by atoms with Gasteiger partial charge in [0.15, 0.2) is 0 Å². The van der Waals surface area contributed by atoms with Crippen molar-refractivity contribution in [3.63, 3.8) is 0 Å². The second kappa shape index (κ2) is 2.87. The van der Waals surface area contributed by atoms with Crippen LogP contribution in [-0.2, 0) is 0 Å². The fourth-order valence-corrected chi connectivity index (χ4v) is 0.966. The minimum Gasteiger partial charge on any atom is -0.269 e. The zero-order chi connectivity index (χ0) is 6.69. The van der Waals surface area contributed by atoms with E-state index in [9.17, 15) is 0 Å². The van der Waals surface area contributed by atoms with Crippen LogP contribution in [0.2, 0.25) is 0 Å². The second-order valence-electron chi connectivity index (χ2n) is 1.87. The van der Waals surface area contributed by atoms with Gasteiger partial charge in [0.05, 0.1) is 0 Å². The van der Waals surface area contributed by atoms with E-state index < -0.39 is 0 Å². The number of aliphatic imine (C=N–C) groups is 1.